The molecule has 8 rings (SSSR count). The lowest BCUT2D eigenvalue weighted by atomic mass is 9.72. The van der Waals surface area contributed by atoms with E-state index in [2.05, 4.69) is 59.0 Å². The van der Waals surface area contributed by atoms with Crippen molar-refractivity contribution in [1.82, 2.24) is 39.2 Å². The zero-order chi connectivity index (χ0) is 32.0. The Kier molecular flexibility index (Phi) is 7.03. The van der Waals surface area contributed by atoms with Gasteiger partial charge in [0.2, 0.25) is 5.82 Å². The Labute approximate surface area is 270 Å². The molecule has 2 aliphatic heterocycles. The molecule has 0 aliphatic carbocycles. The molecule has 0 amide bonds. The summed E-state index contributed by atoms with van der Waals surface area (Å²) in [6.45, 7) is 4.88. The minimum Gasteiger partial charge on any atom is -0.383 e. The minimum absolute atomic E-state index is 0.214. The van der Waals surface area contributed by atoms with Crippen LogP contribution in [0, 0.1) is 22.6 Å². The van der Waals surface area contributed by atoms with Gasteiger partial charge in [-0.15, -0.1) is 0 Å². The summed E-state index contributed by atoms with van der Waals surface area (Å²) in [6.07, 6.45) is 10.3. The molecular formula is C35H30FN11. The third-order valence-electron chi connectivity index (χ3n) is 9.23. The molecule has 2 fully saturated rings. The van der Waals surface area contributed by atoms with Gasteiger partial charge < -0.3 is 10.6 Å². The van der Waals surface area contributed by atoms with Crippen molar-refractivity contribution in [1.29, 1.82) is 5.26 Å². The van der Waals surface area contributed by atoms with Gasteiger partial charge in [0.25, 0.3) is 0 Å². The molecule has 2 N–H and O–H groups in total. The van der Waals surface area contributed by atoms with Crippen LogP contribution < -0.4 is 10.6 Å². The van der Waals surface area contributed by atoms with Crippen molar-refractivity contribution in [2.75, 3.05) is 36.8 Å². The van der Waals surface area contributed by atoms with E-state index in [9.17, 15) is 4.39 Å². The smallest absolute Gasteiger partial charge is 0.234 e. The second-order valence-corrected chi connectivity index (χ2v) is 12.3. The van der Waals surface area contributed by atoms with Gasteiger partial charge in [-0.1, -0.05) is 24.3 Å². The Morgan fingerprint density at radius 2 is 1.68 bits per heavy atom. The summed E-state index contributed by atoms with van der Waals surface area (Å²) in [6, 6.07) is 19.3. The second kappa shape index (κ2) is 11.5. The van der Waals surface area contributed by atoms with Gasteiger partial charge in [-0.3, -0.25) is 14.3 Å². The zero-order valence-electron chi connectivity index (χ0n) is 25.5. The SMILES string of the molecule is N#Cc1nccc(N2CCC3(CC2)CN(Cc2ccc(-c4c(-c5cccnc5N)nc5cnc(-c6ccc(F)cn6)cn45)cc2)C3)n1. The predicted octanol–water partition coefficient (Wildman–Crippen LogP) is 5.01. The number of fused-ring (bicyclic) bond motifs is 1. The number of nitrogens with two attached hydrogens (primary N) is 1. The lowest BCUT2D eigenvalue weighted by Crippen LogP contribution is -2.59. The lowest BCUT2D eigenvalue weighted by Gasteiger charge is -2.54. The maximum absolute atomic E-state index is 13.6. The number of imidazole rings is 1. The minimum atomic E-state index is -0.402. The first kappa shape index (κ1) is 28.7. The number of hydrogen-bond donors (Lipinski definition) is 1. The first-order valence-corrected chi connectivity index (χ1v) is 15.5. The third kappa shape index (κ3) is 5.40. The van der Waals surface area contributed by atoms with E-state index in [-0.39, 0.29) is 5.82 Å². The van der Waals surface area contributed by atoms with Crippen LogP contribution in [0.25, 0.3) is 39.5 Å². The maximum Gasteiger partial charge on any atom is 0.234 e. The Morgan fingerprint density at radius 1 is 0.872 bits per heavy atom. The summed E-state index contributed by atoms with van der Waals surface area (Å²) in [5.74, 6) is 1.04. The number of likely N-dealkylation sites (tertiary alicyclic amines) is 1. The normalized spacial score (nSPS) is 15.9. The summed E-state index contributed by atoms with van der Waals surface area (Å²) < 4.78 is 15.5. The molecule has 2 aliphatic rings. The molecule has 0 radical (unpaired) electrons. The summed E-state index contributed by atoms with van der Waals surface area (Å²) in [7, 11) is 0. The number of hydrogen-bond acceptors (Lipinski definition) is 10. The fraction of sp³-hybridized carbons (Fsp3) is 0.229. The van der Waals surface area contributed by atoms with Gasteiger partial charge in [-0.2, -0.15) is 5.26 Å². The second-order valence-electron chi connectivity index (χ2n) is 12.3. The van der Waals surface area contributed by atoms with E-state index in [1.54, 1.807) is 24.7 Å². The van der Waals surface area contributed by atoms with Crippen LogP contribution in [0.3, 0.4) is 0 Å². The van der Waals surface area contributed by atoms with E-state index in [0.717, 1.165) is 68.2 Å². The van der Waals surface area contributed by atoms with E-state index >= 15 is 0 Å². The molecule has 5 aromatic heterocycles. The number of rotatable bonds is 6. The molecule has 0 bridgehead atoms. The van der Waals surface area contributed by atoms with E-state index in [1.807, 2.05) is 34.9 Å². The van der Waals surface area contributed by atoms with Gasteiger partial charge in [0.1, 0.15) is 34.9 Å². The van der Waals surface area contributed by atoms with Gasteiger partial charge >= 0.3 is 0 Å². The molecule has 0 unspecified atom stereocenters. The Hall–Kier alpha value is -5.80. The highest BCUT2D eigenvalue weighted by Crippen LogP contribution is 2.42. The molecule has 2 saturated heterocycles. The number of pyridine rings is 2. The molecule has 0 atom stereocenters. The van der Waals surface area contributed by atoms with E-state index in [4.69, 9.17) is 16.0 Å². The van der Waals surface area contributed by atoms with Crippen molar-refractivity contribution in [3.05, 3.63) is 103 Å². The van der Waals surface area contributed by atoms with E-state index < -0.39 is 5.82 Å². The zero-order valence-corrected chi connectivity index (χ0v) is 25.5. The molecule has 12 heteroatoms. The highest BCUT2D eigenvalue weighted by atomic mass is 19.1. The fourth-order valence-electron chi connectivity index (χ4n) is 6.84. The third-order valence-corrected chi connectivity index (χ3v) is 9.23. The summed E-state index contributed by atoms with van der Waals surface area (Å²) in [4.78, 5) is 31.1. The van der Waals surface area contributed by atoms with Crippen molar-refractivity contribution in [3.63, 3.8) is 0 Å². The largest absolute Gasteiger partial charge is 0.383 e. The van der Waals surface area contributed by atoms with E-state index in [1.165, 1.54) is 17.8 Å². The highest BCUT2D eigenvalue weighted by Gasteiger charge is 2.44. The first-order chi connectivity index (χ1) is 23.0. The van der Waals surface area contributed by atoms with Gasteiger partial charge in [0, 0.05) is 62.4 Å². The number of halogens is 1. The Bertz CT molecular complexity index is 2120. The van der Waals surface area contributed by atoms with Crippen molar-refractivity contribution in [2.24, 2.45) is 5.41 Å². The average Bonchev–Trinajstić information content (AvgIpc) is 3.47. The van der Waals surface area contributed by atoms with Crippen LogP contribution in [0.2, 0.25) is 0 Å². The number of nitriles is 1. The average molecular weight is 624 g/mol. The highest BCUT2D eigenvalue weighted by molar-refractivity contribution is 5.86. The van der Waals surface area contributed by atoms with Gasteiger partial charge in [0.15, 0.2) is 5.65 Å². The number of aromatic nitrogens is 7. The van der Waals surface area contributed by atoms with Crippen LogP contribution in [0.4, 0.5) is 16.0 Å². The van der Waals surface area contributed by atoms with Crippen LogP contribution in [-0.4, -0.2) is 65.4 Å². The first-order valence-electron chi connectivity index (χ1n) is 15.5. The number of piperidine rings is 1. The molecule has 1 spiro atoms. The number of benzene rings is 1. The van der Waals surface area contributed by atoms with Crippen molar-refractivity contribution in [2.45, 2.75) is 19.4 Å². The topological polar surface area (TPSA) is 138 Å². The molecule has 7 heterocycles. The number of nitrogen functional groups attached to an aromatic ring is 1. The predicted molar refractivity (Wildman–Crippen MR) is 175 cm³/mol. The number of nitrogens with zero attached hydrogens (tertiary/aromatic N) is 10. The van der Waals surface area contributed by atoms with Crippen molar-refractivity contribution in [3.8, 4) is 40.0 Å². The van der Waals surface area contributed by atoms with Crippen LogP contribution in [0.15, 0.2) is 85.6 Å². The molecule has 47 heavy (non-hydrogen) atoms. The molecular weight excluding hydrogens is 593 g/mol. The lowest BCUT2D eigenvalue weighted by molar-refractivity contribution is -0.0240. The molecule has 0 saturated carbocycles. The molecule has 6 aromatic rings. The van der Waals surface area contributed by atoms with Gasteiger partial charge in [-0.05, 0) is 54.2 Å². The fourth-order valence-corrected chi connectivity index (χ4v) is 6.84. The Morgan fingerprint density at radius 3 is 2.43 bits per heavy atom. The standard InChI is InChI=1S/C35H30FN11/c36-25-7-8-27(41-17-25)28-20-47-31(18-42-28)44-32(26-2-1-12-40-34(26)38)33(47)24-5-3-23(4-6-24)19-45-21-35(22-45)10-14-46(15-11-35)30-9-13-39-29(16-37)43-30/h1-9,12-13,17-18,20H,10-11,14-15,19,21-22H2,(H2,38,40). The van der Waals surface area contributed by atoms with Crippen LogP contribution in [0.1, 0.15) is 24.2 Å². The van der Waals surface area contributed by atoms with Crippen molar-refractivity contribution >= 4 is 17.3 Å². The summed E-state index contributed by atoms with van der Waals surface area (Å²) in [5, 5.41) is 9.15. The van der Waals surface area contributed by atoms with Crippen molar-refractivity contribution < 1.29 is 4.39 Å². The molecule has 232 valence electrons. The van der Waals surface area contributed by atoms with Gasteiger partial charge in [-0.25, -0.2) is 29.3 Å². The molecule has 11 nitrogen and oxygen atoms in total. The Balaban J connectivity index is 1.02. The molecule has 1 aromatic carbocycles. The van der Waals surface area contributed by atoms with Crippen LogP contribution >= 0.6 is 0 Å². The van der Waals surface area contributed by atoms with Gasteiger partial charge in [0.05, 0.1) is 23.8 Å². The maximum atomic E-state index is 13.6. The van der Waals surface area contributed by atoms with E-state index in [0.29, 0.717) is 34.0 Å². The summed E-state index contributed by atoms with van der Waals surface area (Å²) in [5.41, 5.74) is 13.0. The number of anilines is 2. The quantitative estimate of drug-likeness (QED) is 0.270. The van der Waals surface area contributed by atoms with Crippen LogP contribution in [0.5, 0.6) is 0 Å². The summed E-state index contributed by atoms with van der Waals surface area (Å²) >= 11 is 0. The van der Waals surface area contributed by atoms with Crippen LogP contribution in [-0.2, 0) is 6.54 Å². The monoisotopic (exact) mass is 623 g/mol.